The van der Waals surface area contributed by atoms with Crippen LogP contribution in [0.1, 0.15) is 110 Å². The van der Waals surface area contributed by atoms with Gasteiger partial charge in [0.15, 0.2) is 45.0 Å². The van der Waals surface area contributed by atoms with E-state index in [9.17, 15) is 51.3 Å². The fourth-order valence-electron chi connectivity index (χ4n) is 21.1. The van der Waals surface area contributed by atoms with Gasteiger partial charge >= 0.3 is 23.9 Å². The van der Waals surface area contributed by atoms with Crippen LogP contribution in [0.3, 0.4) is 0 Å². The molecule has 4 fully saturated rings. The number of carboxylic acids is 2. The van der Waals surface area contributed by atoms with Crippen molar-refractivity contribution in [2.45, 2.75) is 88.5 Å². The van der Waals surface area contributed by atoms with Gasteiger partial charge in [0.05, 0.1) is 77.1 Å². The molecule has 6 aliphatic rings. The van der Waals surface area contributed by atoms with Crippen LogP contribution >= 0.6 is 57.5 Å². The summed E-state index contributed by atoms with van der Waals surface area (Å²) in [5, 5.41) is 52.5. The lowest BCUT2D eigenvalue weighted by Crippen LogP contribution is -2.96. The van der Waals surface area contributed by atoms with Crippen molar-refractivity contribution in [1.29, 1.82) is 0 Å². The zero-order valence-corrected chi connectivity index (χ0v) is 86.1. The number of aliphatic hydroxyl groups is 2. The zero-order chi connectivity index (χ0) is 111. The van der Waals surface area contributed by atoms with Gasteiger partial charge in [-0.2, -0.15) is 0 Å². The summed E-state index contributed by atoms with van der Waals surface area (Å²) in [5.74, 6) is -7.37. The number of aliphatic carboxylic acids is 2. The first-order chi connectivity index (χ1) is 70.0. The van der Waals surface area contributed by atoms with Gasteiger partial charge in [-0.15, -0.1) is 22.7 Å². The maximum Gasteiger partial charge on any atom is 0.338 e. The molecule has 7 N–H and O–H groups in total. The molecule has 2 atom stereocenters. The molecule has 149 heavy (non-hydrogen) atoms. The quantitative estimate of drug-likeness (QED) is 0.00617. The number of thiazole rings is 2. The number of rotatable bonds is 41. The number of carboxylic acid groups (broad SMARTS) is 2. The molecule has 4 aromatic heterocycles. The molecular formula is C61H62B56Cl3F5N12O10S2. The van der Waals surface area contributed by atoms with Crippen LogP contribution in [-0.4, -0.2) is 529 Å². The number of ether oxygens (including phenoxy) is 2. The standard InChI is InChI=1S/C30H29ClF2N6O5S.C21H21ClF2N4O2S.C9H9ClN2O3.CH3F.B56/c1-2-44-29(42)21-24(37-26(27-34-7-10-45-27)38-25(21)17-3-4-18(32)23(33)22(17)31)15-5-8-39(9-6-15)20-14-35-19(13-36-20)30(43)11-16(12-30)28(40)41;1-2-30-21(29)14-17(11-5-7-25-8-6-11)27-19(20-26-9-10-31-20)28-18(14)12-3-4-13(23)16(24)15(12)22;10-8-11-3-6(4-12-8)9(15)1-5(2-9)7(13)14;1-2;1-30(2)44(29)51(43(27)28)55(52(45(31(3)4)32(5)6)46(33(7)8)34(9)10)56(53(47(35(11)12)36(13)14)48(37(15)16)38(17)18)54(49(39(19)20)40(21)22)50(41(23)24)42(25)26/h3-4,7,10,13-16,25,43H,2,5-6,8-9,11-12H2,1H3,(H,37,38)(H,40,41);3-4,9-11,18,25H,2,5-8H2,1H3,(H,27,28);3-5,15H,1-2H2,(H,13,14);1H3;. The Morgan fingerprint density at radius 3 is 1.05 bits per heavy atom. The SMILES string of the molecule is CCOC(=O)C1=C(C2CCN(c3cnc(C4(O)CC(C(=O)O)C4)cn3)CC2)NC(c2nccs2)=NC1c1ccc(F)c(F)c1Cl.CCOC(=O)C1=C(C2CCNCC2)NC(c2nccs2)=NC1c1ccc(F)c(F)c1Cl.CF.O=C(O)C1CC(O)(c2cnc(Cl)nc2)C1.[B]B([B])B([B])B(B([B])[B])B(B(B(B([B])[B])B([B])[B])B(B([B])[B])B([B])[B])B(B(B(B([B])[B])B([B])[B])B(B([B])[B])B([B])[B])B(B(B([B])[B])B([B])[B])B(B([B])[B])B([B])[B]. The van der Waals surface area contributed by atoms with Crippen molar-refractivity contribution in [2.24, 2.45) is 33.7 Å². The van der Waals surface area contributed by atoms with Gasteiger partial charge in [-0.05, 0) is 102 Å². The molecule has 0 amide bonds. The number of esters is 2. The maximum absolute atomic E-state index is 14.6. The highest BCUT2D eigenvalue weighted by atomic mass is 35.5. The second kappa shape index (κ2) is 59.2. The van der Waals surface area contributed by atoms with Crippen molar-refractivity contribution < 1.29 is 71.0 Å². The van der Waals surface area contributed by atoms with Gasteiger partial charge in [0, 0.05) is 485 Å². The highest BCUT2D eigenvalue weighted by Crippen LogP contribution is 2.48. The Morgan fingerprint density at radius 1 is 0.430 bits per heavy atom. The van der Waals surface area contributed by atoms with Crippen LogP contribution in [0.25, 0.3) is 0 Å². The van der Waals surface area contributed by atoms with E-state index in [4.69, 9.17) is 284 Å². The van der Waals surface area contributed by atoms with E-state index in [2.05, 4.69) is 50.8 Å². The number of halogens is 8. The molecule has 8 heterocycles. The highest BCUT2D eigenvalue weighted by Gasteiger charge is 2.63. The summed E-state index contributed by atoms with van der Waals surface area (Å²) in [5.41, 5.74) is 0.443. The van der Waals surface area contributed by atoms with Crippen LogP contribution in [0.15, 0.2) is 105 Å². The van der Waals surface area contributed by atoms with Crippen LogP contribution in [0.2, 0.25) is 15.3 Å². The predicted molar refractivity (Wildman–Crippen MR) is 656 cm³/mol. The smallest absolute Gasteiger partial charge is 0.338 e. The molecule has 0 spiro atoms. The van der Waals surface area contributed by atoms with Gasteiger partial charge in [-0.25, -0.2) is 52.1 Å². The molecule has 0 bridgehead atoms. The summed E-state index contributed by atoms with van der Waals surface area (Å²) in [6.45, 7) is 6.34. The molecule has 2 unspecified atom stereocenters. The van der Waals surface area contributed by atoms with E-state index in [0.29, 0.717) is 83.3 Å². The summed E-state index contributed by atoms with van der Waals surface area (Å²) < 4.78 is 77.0. The summed E-state index contributed by atoms with van der Waals surface area (Å²) in [7, 11) is 190. The van der Waals surface area contributed by atoms with Gasteiger partial charge in [0.2, 0.25) is 5.28 Å². The first kappa shape index (κ1) is 130. The van der Waals surface area contributed by atoms with Gasteiger partial charge < -0.3 is 50.8 Å². The van der Waals surface area contributed by atoms with Gasteiger partial charge in [-0.3, -0.25) is 28.9 Å². The van der Waals surface area contributed by atoms with Crippen molar-refractivity contribution in [3.05, 3.63) is 166 Å². The summed E-state index contributed by atoms with van der Waals surface area (Å²) in [4.78, 5) is 84.8. The van der Waals surface area contributed by atoms with Crippen molar-refractivity contribution >= 4 is 496 Å². The second-order valence-corrected chi connectivity index (χ2v) is 40.5. The third kappa shape index (κ3) is 32.3. The van der Waals surface area contributed by atoms with Gasteiger partial charge in [-0.1, -0.05) is 35.3 Å². The number of hydrogen-bond acceptors (Lipinski definition) is 22. The van der Waals surface area contributed by atoms with Crippen LogP contribution in [0.4, 0.5) is 27.8 Å². The van der Waals surface area contributed by atoms with Crippen molar-refractivity contribution in [3.8, 4) is 0 Å². The average molecular weight is 1990 g/mol. The minimum absolute atomic E-state index is 0.0395. The number of carbonyl (C=O) groups is 4. The molecule has 2 aromatic carbocycles. The lowest BCUT2D eigenvalue weighted by molar-refractivity contribution is -0.160. The van der Waals surface area contributed by atoms with Gasteiger partial charge in [0.1, 0.15) is 23.5 Å². The normalized spacial score (nSPS) is 17.9. The number of anilines is 1. The fraction of sp³-hybridized carbons (Fsp3) is 0.410. The monoisotopic (exact) mass is 2000 g/mol. The van der Waals surface area contributed by atoms with Crippen molar-refractivity contribution in [1.82, 2.24) is 45.9 Å². The number of aliphatic imine (C=N–C) groups is 2. The number of nitrogens with zero attached hydrogens (tertiary/aromatic N) is 9. The first-order valence-corrected chi connectivity index (χ1v) is 50.5. The number of aromatic nitrogens is 6. The summed E-state index contributed by atoms with van der Waals surface area (Å²) in [6, 6.07) is 2.60. The number of amidine groups is 2. The number of alkyl halides is 1. The molecule has 4 aliphatic heterocycles. The molecule has 6 aromatic rings. The van der Waals surface area contributed by atoms with Crippen LogP contribution in [-0.2, 0) is 39.9 Å². The molecule has 662 valence electrons. The Labute approximate surface area is 943 Å². The van der Waals surface area contributed by atoms with E-state index in [1.165, 1.54) is 53.4 Å². The van der Waals surface area contributed by atoms with E-state index >= 15 is 0 Å². The molecule has 58 radical (unpaired) electrons. The molecule has 22 nitrogen and oxygen atoms in total. The Bertz CT molecular complexity index is 5330. The predicted octanol–water partition coefficient (Wildman–Crippen LogP) is -11.6. The van der Waals surface area contributed by atoms with Crippen molar-refractivity contribution in [3.63, 3.8) is 0 Å². The molecule has 12 rings (SSSR count). The zero-order valence-electron chi connectivity index (χ0n) is 82.2. The maximum atomic E-state index is 14.6. The number of allylic oxidation sites excluding steroid dienone is 2. The Balaban J connectivity index is 0.000000258. The minimum atomic E-state index is -1.48. The molecule has 2 saturated carbocycles. The van der Waals surface area contributed by atoms with E-state index in [-0.39, 0.29) is 78.3 Å². The first-order valence-electron chi connectivity index (χ1n) is 47.6. The van der Waals surface area contributed by atoms with Crippen LogP contribution in [0, 0.1) is 46.9 Å². The van der Waals surface area contributed by atoms with E-state index in [1.54, 1.807) is 37.8 Å². The Kier molecular flexibility index (Phi) is 51.7. The Morgan fingerprint density at radius 2 is 0.752 bits per heavy atom. The third-order valence-electron chi connectivity index (χ3n) is 28.0. The lowest BCUT2D eigenvalue weighted by Gasteiger charge is -2.58. The Hall–Kier alpha value is -4.00. The number of carbonyl (C=O) groups excluding carboxylic acids is 2. The largest absolute Gasteiger partial charge is 0.481 e. The topological polar surface area (TPSA) is 309 Å². The molecular weight excluding hydrogens is 1930 g/mol. The highest BCUT2D eigenvalue weighted by molar-refractivity contribution is 8.37. The fourth-order valence-corrected chi connectivity index (χ4v) is 22.9. The second-order valence-electron chi connectivity index (χ2n) is 37.6. The van der Waals surface area contributed by atoms with E-state index < -0.39 is 265 Å². The molecule has 88 heteroatoms. The van der Waals surface area contributed by atoms with Crippen LogP contribution in [0.5, 0.6) is 0 Å². The molecule has 2 saturated heterocycles. The number of nitrogens with one attached hydrogen (secondary N) is 3. The van der Waals surface area contributed by atoms with Crippen LogP contribution < -0.4 is 20.9 Å². The molecule has 2 aliphatic carbocycles. The average Bonchev–Trinajstić information content (AvgIpc) is 0.956. The summed E-state index contributed by atoms with van der Waals surface area (Å²) in [6.07, 6.45) is -24.6. The van der Waals surface area contributed by atoms with Gasteiger partial charge in [0.25, 0.3) is 0 Å². The van der Waals surface area contributed by atoms with Crippen molar-refractivity contribution in [2.75, 3.05) is 51.5 Å². The lowest BCUT2D eigenvalue weighted by atomic mass is 8.23. The third-order valence-corrected chi connectivity index (χ3v) is 30.5. The number of piperidine rings is 2. The summed E-state index contributed by atoms with van der Waals surface area (Å²) >= 11 is 20.7. The number of hydrogen-bond donors (Lipinski definition) is 7. The number of benzene rings is 2. The minimum Gasteiger partial charge on any atom is -0.481 e. The van der Waals surface area contributed by atoms with E-state index in [1.807, 2.05) is 10.3 Å². The van der Waals surface area contributed by atoms with E-state index in [0.717, 1.165) is 38.1 Å².